The molecule has 0 saturated carbocycles. The van der Waals surface area contributed by atoms with Crippen molar-refractivity contribution < 1.29 is 14.3 Å². The van der Waals surface area contributed by atoms with Gasteiger partial charge in [-0.1, -0.05) is 18.2 Å². The minimum Gasteiger partial charge on any atom is -0.480 e. The number of aliphatic carboxylic acids is 1. The third-order valence-corrected chi connectivity index (χ3v) is 5.18. The molecule has 27 heavy (non-hydrogen) atoms. The third-order valence-electron chi connectivity index (χ3n) is 5.18. The molecule has 0 aliphatic carbocycles. The molecule has 1 unspecified atom stereocenters. The van der Waals surface area contributed by atoms with Gasteiger partial charge in [-0.3, -0.25) is 0 Å². The van der Waals surface area contributed by atoms with Crippen molar-refractivity contribution in [1.29, 1.82) is 0 Å². The molecule has 1 aromatic carbocycles. The van der Waals surface area contributed by atoms with Crippen molar-refractivity contribution in [3.63, 3.8) is 0 Å². The van der Waals surface area contributed by atoms with E-state index in [1.54, 1.807) is 11.0 Å². The van der Waals surface area contributed by atoms with Crippen LogP contribution in [0.5, 0.6) is 0 Å². The van der Waals surface area contributed by atoms with Gasteiger partial charge in [0, 0.05) is 23.6 Å². The highest BCUT2D eigenvalue weighted by molar-refractivity contribution is 5.94. The first-order chi connectivity index (χ1) is 13.0. The molecule has 1 N–H and O–H groups in total. The fourth-order valence-corrected chi connectivity index (χ4v) is 3.94. The van der Waals surface area contributed by atoms with Crippen LogP contribution < -0.4 is 10.5 Å². The number of aryl methyl sites for hydroxylation is 2. The Balaban J connectivity index is 1.90. The second-order valence-electron chi connectivity index (χ2n) is 6.96. The Hall–Kier alpha value is -3.15. The van der Waals surface area contributed by atoms with Crippen LogP contribution >= 0.6 is 0 Å². The molecule has 0 spiro atoms. The smallest absolute Gasteiger partial charge is 0.338 e. The molecule has 6 nitrogen and oxygen atoms in total. The highest BCUT2D eigenvalue weighted by Gasteiger charge is 2.31. The summed E-state index contributed by atoms with van der Waals surface area (Å²) in [5.41, 5.74) is 3.67. The Morgan fingerprint density at radius 1 is 1.22 bits per heavy atom. The number of carboxylic acid groups (broad SMARTS) is 1. The van der Waals surface area contributed by atoms with Crippen LogP contribution in [0.15, 0.2) is 45.6 Å². The number of rotatable bonds is 3. The van der Waals surface area contributed by atoms with Crippen LogP contribution in [0.2, 0.25) is 0 Å². The summed E-state index contributed by atoms with van der Waals surface area (Å²) in [5, 5.41) is 10.2. The van der Waals surface area contributed by atoms with E-state index in [1.165, 1.54) is 6.07 Å². The van der Waals surface area contributed by atoms with Gasteiger partial charge in [0.2, 0.25) is 5.71 Å². The Morgan fingerprint density at radius 2 is 1.96 bits per heavy atom. The lowest BCUT2D eigenvalue weighted by molar-refractivity contribution is -0.138. The summed E-state index contributed by atoms with van der Waals surface area (Å²) in [4.78, 5) is 29.9. The Kier molecular flexibility index (Phi) is 4.18. The van der Waals surface area contributed by atoms with Crippen LogP contribution in [0.4, 0.5) is 5.82 Å². The number of carbonyl (C=O) groups is 1. The molecular weight excluding hydrogens is 344 g/mol. The first-order valence-corrected chi connectivity index (χ1v) is 8.96. The SMILES string of the molecule is Cc1cccc(C)c1-c1cc(=O)oc2nc(N3CCCC3C(=O)O)ccc12. The van der Waals surface area contributed by atoms with Crippen LogP contribution in [0.3, 0.4) is 0 Å². The summed E-state index contributed by atoms with van der Waals surface area (Å²) in [7, 11) is 0. The Bertz CT molecular complexity index is 1080. The molecule has 0 bridgehead atoms. The zero-order valence-electron chi connectivity index (χ0n) is 15.2. The first-order valence-electron chi connectivity index (χ1n) is 8.96. The van der Waals surface area contributed by atoms with Gasteiger partial charge in [-0.05, 0) is 55.5 Å². The van der Waals surface area contributed by atoms with E-state index in [1.807, 2.05) is 38.1 Å². The van der Waals surface area contributed by atoms with E-state index in [0.29, 0.717) is 18.8 Å². The largest absolute Gasteiger partial charge is 0.480 e. The van der Waals surface area contributed by atoms with E-state index in [4.69, 9.17) is 4.42 Å². The van der Waals surface area contributed by atoms with E-state index >= 15 is 0 Å². The molecule has 3 aromatic rings. The van der Waals surface area contributed by atoms with Crippen LogP contribution in [-0.4, -0.2) is 28.6 Å². The van der Waals surface area contributed by atoms with Crippen molar-refractivity contribution in [2.24, 2.45) is 0 Å². The average molecular weight is 364 g/mol. The zero-order valence-corrected chi connectivity index (χ0v) is 15.2. The maximum Gasteiger partial charge on any atom is 0.338 e. The molecule has 1 saturated heterocycles. The summed E-state index contributed by atoms with van der Waals surface area (Å²) in [6.45, 7) is 4.63. The lowest BCUT2D eigenvalue weighted by atomic mass is 9.94. The molecule has 3 heterocycles. The summed E-state index contributed by atoms with van der Waals surface area (Å²) in [6, 6.07) is 10.6. The molecule has 0 amide bonds. The minimum absolute atomic E-state index is 0.230. The van der Waals surface area contributed by atoms with Gasteiger partial charge in [0.1, 0.15) is 11.9 Å². The Morgan fingerprint density at radius 3 is 2.67 bits per heavy atom. The third kappa shape index (κ3) is 2.97. The van der Waals surface area contributed by atoms with Crippen molar-refractivity contribution in [2.75, 3.05) is 11.4 Å². The van der Waals surface area contributed by atoms with Gasteiger partial charge >= 0.3 is 11.6 Å². The van der Waals surface area contributed by atoms with E-state index in [9.17, 15) is 14.7 Å². The van der Waals surface area contributed by atoms with E-state index < -0.39 is 17.6 Å². The highest BCUT2D eigenvalue weighted by Crippen LogP contribution is 2.33. The first kappa shape index (κ1) is 17.3. The van der Waals surface area contributed by atoms with Crippen LogP contribution in [0.25, 0.3) is 22.2 Å². The predicted molar refractivity (Wildman–Crippen MR) is 103 cm³/mol. The van der Waals surface area contributed by atoms with Gasteiger partial charge in [0.05, 0.1) is 0 Å². The summed E-state index contributed by atoms with van der Waals surface area (Å²) >= 11 is 0. The zero-order chi connectivity index (χ0) is 19.1. The minimum atomic E-state index is -0.861. The fraction of sp³-hybridized carbons (Fsp3) is 0.286. The molecule has 1 aliphatic rings. The van der Waals surface area contributed by atoms with Crippen molar-refractivity contribution in [3.05, 3.63) is 57.9 Å². The molecule has 2 aromatic heterocycles. The van der Waals surface area contributed by atoms with Gasteiger partial charge in [-0.25, -0.2) is 9.59 Å². The quantitative estimate of drug-likeness (QED) is 0.765. The van der Waals surface area contributed by atoms with Crippen molar-refractivity contribution in [2.45, 2.75) is 32.7 Å². The molecule has 6 heteroatoms. The van der Waals surface area contributed by atoms with Gasteiger partial charge in [0.25, 0.3) is 0 Å². The van der Waals surface area contributed by atoms with Crippen molar-refractivity contribution in [3.8, 4) is 11.1 Å². The molecule has 0 radical (unpaired) electrons. The molecule has 138 valence electrons. The summed E-state index contributed by atoms with van der Waals surface area (Å²) in [5.74, 6) is -0.339. The van der Waals surface area contributed by atoms with E-state index in [0.717, 1.165) is 34.1 Å². The highest BCUT2D eigenvalue weighted by atomic mass is 16.4. The number of pyridine rings is 1. The number of fused-ring (bicyclic) bond motifs is 1. The van der Waals surface area contributed by atoms with Crippen molar-refractivity contribution >= 4 is 22.9 Å². The standard InChI is InChI=1S/C21H20N2O4/c1-12-5-3-6-13(2)19(12)15-11-18(24)27-20-14(15)8-9-17(22-20)23-10-4-7-16(23)21(25)26/h3,5-6,8-9,11,16H,4,7,10H2,1-2H3,(H,25,26). The Labute approximate surface area is 156 Å². The number of benzene rings is 1. The van der Waals surface area contributed by atoms with Gasteiger partial charge in [0.15, 0.2) is 0 Å². The van der Waals surface area contributed by atoms with Gasteiger partial charge < -0.3 is 14.4 Å². The second-order valence-corrected chi connectivity index (χ2v) is 6.96. The molecular formula is C21H20N2O4. The van der Waals surface area contributed by atoms with Gasteiger partial charge in [-0.2, -0.15) is 4.98 Å². The average Bonchev–Trinajstić information content (AvgIpc) is 3.11. The predicted octanol–water partition coefficient (Wildman–Crippen LogP) is 3.53. The number of aromatic nitrogens is 1. The maximum atomic E-state index is 12.2. The van der Waals surface area contributed by atoms with Crippen LogP contribution in [0, 0.1) is 13.8 Å². The topological polar surface area (TPSA) is 83.6 Å². The van der Waals surface area contributed by atoms with Crippen LogP contribution in [0.1, 0.15) is 24.0 Å². The van der Waals surface area contributed by atoms with E-state index in [-0.39, 0.29) is 5.71 Å². The van der Waals surface area contributed by atoms with Crippen molar-refractivity contribution in [1.82, 2.24) is 4.98 Å². The van der Waals surface area contributed by atoms with E-state index in [2.05, 4.69) is 4.98 Å². The second kappa shape index (κ2) is 6.54. The molecule has 1 aliphatic heterocycles. The normalized spacial score (nSPS) is 16.8. The number of anilines is 1. The number of nitrogens with zero attached hydrogens (tertiary/aromatic N) is 2. The van der Waals surface area contributed by atoms with Gasteiger partial charge in [-0.15, -0.1) is 0 Å². The fourth-order valence-electron chi connectivity index (χ4n) is 3.94. The molecule has 4 rings (SSSR count). The number of hydrogen-bond donors (Lipinski definition) is 1. The number of hydrogen-bond acceptors (Lipinski definition) is 5. The summed E-state index contributed by atoms with van der Waals surface area (Å²) < 4.78 is 5.36. The molecule has 1 atom stereocenters. The van der Waals surface area contributed by atoms with Crippen LogP contribution in [-0.2, 0) is 4.79 Å². The number of carboxylic acids is 1. The monoisotopic (exact) mass is 364 g/mol. The molecule has 1 fully saturated rings. The summed E-state index contributed by atoms with van der Waals surface area (Å²) in [6.07, 6.45) is 1.38. The lowest BCUT2D eigenvalue weighted by Gasteiger charge is -2.22. The maximum absolute atomic E-state index is 12.2. The lowest BCUT2D eigenvalue weighted by Crippen LogP contribution is -2.36.